The molecule has 1 saturated heterocycles. The summed E-state index contributed by atoms with van der Waals surface area (Å²) in [5, 5.41) is 1.42. The van der Waals surface area contributed by atoms with Crippen molar-refractivity contribution < 1.29 is 0 Å². The molecule has 0 aromatic heterocycles. The summed E-state index contributed by atoms with van der Waals surface area (Å²) < 4.78 is 1.70. The van der Waals surface area contributed by atoms with E-state index in [0.717, 1.165) is 32.7 Å². The Morgan fingerprint density at radius 3 is 2.33 bits per heavy atom. The Labute approximate surface area is 116 Å². The van der Waals surface area contributed by atoms with Gasteiger partial charge in [-0.25, -0.2) is 0 Å². The fraction of sp³-hybridized carbons (Fsp3) is 0.400. The minimum atomic E-state index is 0.682. The first-order valence-electron chi connectivity index (χ1n) is 4.69. The Hall–Kier alpha value is 0.560. The molecule has 5 heteroatoms. The molecule has 1 fully saturated rings. The molecule has 0 aliphatic carbocycles. The van der Waals surface area contributed by atoms with Gasteiger partial charge in [0.25, 0.3) is 0 Å². The van der Waals surface area contributed by atoms with E-state index in [0.29, 0.717) is 5.02 Å². The average Bonchev–Trinajstić information content (AvgIpc) is 2.68. The van der Waals surface area contributed by atoms with E-state index in [4.69, 9.17) is 23.2 Å². The summed E-state index contributed by atoms with van der Waals surface area (Å²) in [6, 6.07) is 1.85. The third-order valence-corrected chi connectivity index (χ3v) is 5.05. The monoisotopic (exact) mass is 371 g/mol. The molecule has 2 rings (SSSR count). The van der Waals surface area contributed by atoms with E-state index in [2.05, 4.69) is 36.8 Å². The Kier molecular flexibility index (Phi) is 3.87. The molecule has 82 valence electrons. The van der Waals surface area contributed by atoms with Crippen LogP contribution in [0.5, 0.6) is 0 Å². The van der Waals surface area contributed by atoms with E-state index in [1.165, 1.54) is 12.8 Å². The van der Waals surface area contributed by atoms with Crippen molar-refractivity contribution in [1.82, 2.24) is 0 Å². The second-order valence-corrected chi connectivity index (χ2v) is 5.94. The second kappa shape index (κ2) is 4.82. The number of rotatable bonds is 1. The van der Waals surface area contributed by atoms with Gasteiger partial charge in [0, 0.05) is 17.6 Å². The van der Waals surface area contributed by atoms with E-state index >= 15 is 0 Å². The molecule has 1 nitrogen and oxygen atoms in total. The van der Waals surface area contributed by atoms with Crippen LogP contribution in [-0.4, -0.2) is 13.1 Å². The van der Waals surface area contributed by atoms with Gasteiger partial charge in [-0.1, -0.05) is 23.2 Å². The Morgan fingerprint density at radius 2 is 1.73 bits per heavy atom. The summed E-state index contributed by atoms with van der Waals surface area (Å²) in [7, 11) is 0. The molecule has 0 atom stereocenters. The van der Waals surface area contributed by atoms with Crippen molar-refractivity contribution in [2.24, 2.45) is 0 Å². The topological polar surface area (TPSA) is 3.24 Å². The van der Waals surface area contributed by atoms with Gasteiger partial charge >= 0.3 is 0 Å². The molecular weight excluding hydrogens is 365 g/mol. The molecule has 0 unspecified atom stereocenters. The molecule has 0 saturated carbocycles. The molecular formula is C10H9Br2Cl2N. The predicted molar refractivity (Wildman–Crippen MR) is 73.3 cm³/mol. The van der Waals surface area contributed by atoms with Crippen LogP contribution in [0.4, 0.5) is 5.69 Å². The summed E-state index contributed by atoms with van der Waals surface area (Å²) in [5.41, 5.74) is 1.02. The third kappa shape index (κ3) is 2.31. The summed E-state index contributed by atoms with van der Waals surface area (Å²) in [6.45, 7) is 2.10. The first kappa shape index (κ1) is 12.0. The van der Waals surface area contributed by atoms with E-state index in [9.17, 15) is 0 Å². The Bertz CT molecular complexity index is 389. The van der Waals surface area contributed by atoms with Crippen LogP contribution in [0.15, 0.2) is 15.0 Å². The smallest absolute Gasteiger partial charge is 0.0716 e. The van der Waals surface area contributed by atoms with Gasteiger partial charge in [0.05, 0.1) is 20.2 Å². The summed E-state index contributed by atoms with van der Waals surface area (Å²) in [4.78, 5) is 2.27. The van der Waals surface area contributed by atoms with Crippen molar-refractivity contribution in [3.8, 4) is 0 Å². The molecule has 1 aromatic carbocycles. The van der Waals surface area contributed by atoms with Gasteiger partial charge in [-0.15, -0.1) is 0 Å². The lowest BCUT2D eigenvalue weighted by Crippen LogP contribution is -2.18. The molecule has 0 N–H and O–H groups in total. The summed E-state index contributed by atoms with van der Waals surface area (Å²) in [6.07, 6.45) is 2.44. The molecule has 1 heterocycles. The lowest BCUT2D eigenvalue weighted by atomic mass is 10.3. The quantitative estimate of drug-likeness (QED) is 0.488. The second-order valence-electron chi connectivity index (χ2n) is 3.51. The van der Waals surface area contributed by atoms with E-state index in [1.54, 1.807) is 0 Å². The van der Waals surface area contributed by atoms with Crippen LogP contribution in [0.2, 0.25) is 10.0 Å². The SMILES string of the molecule is Clc1cc(Br)c(Cl)c(Br)c1N1CCCC1. The van der Waals surface area contributed by atoms with E-state index < -0.39 is 0 Å². The first-order valence-corrected chi connectivity index (χ1v) is 7.03. The zero-order valence-corrected chi connectivity index (χ0v) is 12.5. The van der Waals surface area contributed by atoms with Gasteiger partial charge in [-0.3, -0.25) is 0 Å². The van der Waals surface area contributed by atoms with Crippen molar-refractivity contribution in [3.05, 3.63) is 25.1 Å². The van der Waals surface area contributed by atoms with Crippen molar-refractivity contribution in [3.63, 3.8) is 0 Å². The van der Waals surface area contributed by atoms with Gasteiger partial charge in [-0.2, -0.15) is 0 Å². The van der Waals surface area contributed by atoms with Crippen molar-refractivity contribution in [2.75, 3.05) is 18.0 Å². The average molecular weight is 374 g/mol. The molecule has 15 heavy (non-hydrogen) atoms. The number of hydrogen-bond donors (Lipinski definition) is 0. The molecule has 0 spiro atoms. The van der Waals surface area contributed by atoms with Gasteiger partial charge < -0.3 is 4.90 Å². The molecule has 1 aliphatic rings. The highest BCUT2D eigenvalue weighted by Gasteiger charge is 2.21. The van der Waals surface area contributed by atoms with Crippen molar-refractivity contribution in [2.45, 2.75) is 12.8 Å². The van der Waals surface area contributed by atoms with Crippen molar-refractivity contribution >= 4 is 60.7 Å². The van der Waals surface area contributed by atoms with Crippen LogP contribution in [0.25, 0.3) is 0 Å². The van der Waals surface area contributed by atoms with Gasteiger partial charge in [0.1, 0.15) is 0 Å². The van der Waals surface area contributed by atoms with Crippen LogP contribution in [-0.2, 0) is 0 Å². The highest BCUT2D eigenvalue weighted by molar-refractivity contribution is 9.11. The normalized spacial score (nSPS) is 16.1. The van der Waals surface area contributed by atoms with Crippen molar-refractivity contribution in [1.29, 1.82) is 0 Å². The zero-order chi connectivity index (χ0) is 11.0. The minimum Gasteiger partial charge on any atom is -0.369 e. The predicted octanol–water partition coefficient (Wildman–Crippen LogP) is 5.12. The Balaban J connectivity index is 2.50. The minimum absolute atomic E-state index is 0.682. The van der Waals surface area contributed by atoms with E-state index in [-0.39, 0.29) is 0 Å². The number of nitrogens with zero attached hydrogens (tertiary/aromatic N) is 1. The van der Waals surface area contributed by atoms with Crippen LogP contribution in [0, 0.1) is 0 Å². The largest absolute Gasteiger partial charge is 0.369 e. The van der Waals surface area contributed by atoms with Gasteiger partial charge in [0.15, 0.2) is 0 Å². The first-order chi connectivity index (χ1) is 7.11. The van der Waals surface area contributed by atoms with Crippen LogP contribution >= 0.6 is 55.1 Å². The van der Waals surface area contributed by atoms with Crippen LogP contribution in [0.1, 0.15) is 12.8 Å². The Morgan fingerprint density at radius 1 is 1.13 bits per heavy atom. The summed E-state index contributed by atoms with van der Waals surface area (Å²) >= 11 is 19.3. The van der Waals surface area contributed by atoms with Crippen LogP contribution in [0.3, 0.4) is 0 Å². The highest BCUT2D eigenvalue weighted by atomic mass is 79.9. The number of benzene rings is 1. The fourth-order valence-electron chi connectivity index (χ4n) is 1.79. The van der Waals surface area contributed by atoms with Gasteiger partial charge in [-0.05, 0) is 50.8 Å². The fourth-order valence-corrected chi connectivity index (χ4v) is 3.87. The lowest BCUT2D eigenvalue weighted by molar-refractivity contribution is 0.949. The highest BCUT2D eigenvalue weighted by Crippen LogP contribution is 2.43. The summed E-state index contributed by atoms with van der Waals surface area (Å²) in [5.74, 6) is 0. The number of anilines is 1. The molecule has 1 aromatic rings. The maximum atomic E-state index is 6.23. The van der Waals surface area contributed by atoms with E-state index in [1.807, 2.05) is 6.07 Å². The third-order valence-electron chi connectivity index (χ3n) is 2.51. The standard InChI is InChI=1S/C10H9Br2Cl2N/c11-6-5-7(13)10(8(12)9(6)14)15-3-1-2-4-15/h5H,1-4H2. The molecule has 1 aliphatic heterocycles. The maximum absolute atomic E-state index is 6.23. The lowest BCUT2D eigenvalue weighted by Gasteiger charge is -2.21. The zero-order valence-electron chi connectivity index (χ0n) is 7.86. The van der Waals surface area contributed by atoms with Crippen LogP contribution < -0.4 is 4.90 Å². The maximum Gasteiger partial charge on any atom is 0.0716 e. The molecule has 0 amide bonds. The number of halogens is 4. The van der Waals surface area contributed by atoms with Gasteiger partial charge in [0.2, 0.25) is 0 Å². The number of hydrogen-bond acceptors (Lipinski definition) is 1. The molecule has 0 bridgehead atoms. The molecule has 0 radical (unpaired) electrons.